The Morgan fingerprint density at radius 2 is 1.82 bits per heavy atom. The number of amides is 2. The highest BCUT2D eigenvalue weighted by Crippen LogP contribution is 2.35. The Kier molecular flexibility index (Phi) is 7.73. The number of carbonyl (C=O) groups is 1. The molecule has 2 aliphatic rings. The maximum Gasteiger partial charge on any atom is 0.315 e. The molecule has 2 heterocycles. The fourth-order valence-electron chi connectivity index (χ4n) is 4.29. The SMILES string of the molecule is C=C(C)O[C@H](c1ccc2c(c1)OCCO2)[C@@H](CN1CCCC1)NC(=O)NCc1ccccc1. The van der Waals surface area contributed by atoms with Gasteiger partial charge in [0.05, 0.1) is 11.8 Å². The molecule has 0 unspecified atom stereocenters. The van der Waals surface area contributed by atoms with Gasteiger partial charge in [-0.3, -0.25) is 0 Å². The smallest absolute Gasteiger partial charge is 0.315 e. The van der Waals surface area contributed by atoms with Gasteiger partial charge < -0.3 is 29.7 Å². The van der Waals surface area contributed by atoms with E-state index in [2.05, 4.69) is 22.1 Å². The zero-order valence-electron chi connectivity index (χ0n) is 19.2. The van der Waals surface area contributed by atoms with E-state index in [1.54, 1.807) is 0 Å². The maximum absolute atomic E-state index is 12.9. The van der Waals surface area contributed by atoms with Gasteiger partial charge in [-0.05, 0) is 56.1 Å². The molecule has 0 saturated carbocycles. The molecular formula is C26H33N3O4. The van der Waals surface area contributed by atoms with Crippen LogP contribution in [0.1, 0.15) is 37.0 Å². The van der Waals surface area contributed by atoms with Crippen LogP contribution in [0.2, 0.25) is 0 Å². The van der Waals surface area contributed by atoms with Crippen molar-refractivity contribution >= 4 is 6.03 Å². The number of hydrogen-bond donors (Lipinski definition) is 2. The largest absolute Gasteiger partial charge is 0.489 e. The highest BCUT2D eigenvalue weighted by Gasteiger charge is 2.31. The first-order valence-corrected chi connectivity index (χ1v) is 11.6. The zero-order valence-corrected chi connectivity index (χ0v) is 19.2. The summed E-state index contributed by atoms with van der Waals surface area (Å²) in [5, 5.41) is 6.14. The molecule has 0 bridgehead atoms. The molecule has 0 aromatic heterocycles. The maximum atomic E-state index is 12.9. The topological polar surface area (TPSA) is 72.1 Å². The van der Waals surface area contributed by atoms with E-state index in [1.165, 1.54) is 12.8 Å². The molecule has 2 amide bonds. The lowest BCUT2D eigenvalue weighted by Crippen LogP contribution is -2.50. The van der Waals surface area contributed by atoms with E-state index < -0.39 is 6.10 Å². The van der Waals surface area contributed by atoms with Crippen LogP contribution in [0.25, 0.3) is 0 Å². The van der Waals surface area contributed by atoms with Crippen molar-refractivity contribution in [3.8, 4) is 11.5 Å². The van der Waals surface area contributed by atoms with Crippen LogP contribution in [0.5, 0.6) is 11.5 Å². The van der Waals surface area contributed by atoms with Crippen LogP contribution in [0.15, 0.2) is 60.9 Å². The van der Waals surface area contributed by atoms with Gasteiger partial charge in [0.25, 0.3) is 0 Å². The summed E-state index contributed by atoms with van der Waals surface area (Å²) in [7, 11) is 0. The molecule has 176 valence electrons. The van der Waals surface area contributed by atoms with Crippen LogP contribution < -0.4 is 20.1 Å². The molecular weight excluding hydrogens is 418 g/mol. The number of hydrogen-bond acceptors (Lipinski definition) is 5. The average Bonchev–Trinajstić information content (AvgIpc) is 3.34. The van der Waals surface area contributed by atoms with Gasteiger partial charge in [0.1, 0.15) is 19.3 Å². The lowest BCUT2D eigenvalue weighted by atomic mass is 10.0. The summed E-state index contributed by atoms with van der Waals surface area (Å²) in [4.78, 5) is 15.3. The highest BCUT2D eigenvalue weighted by molar-refractivity contribution is 5.74. The molecule has 0 radical (unpaired) electrons. The molecule has 0 spiro atoms. The second-order valence-corrected chi connectivity index (χ2v) is 8.57. The van der Waals surface area contributed by atoms with Crippen molar-refractivity contribution in [2.45, 2.75) is 38.5 Å². The zero-order chi connectivity index (χ0) is 23.0. The van der Waals surface area contributed by atoms with Crippen molar-refractivity contribution in [2.24, 2.45) is 0 Å². The molecule has 33 heavy (non-hydrogen) atoms. The van der Waals surface area contributed by atoms with Crippen LogP contribution in [0, 0.1) is 0 Å². The lowest BCUT2D eigenvalue weighted by molar-refractivity contribution is 0.0705. The molecule has 2 atom stereocenters. The van der Waals surface area contributed by atoms with Gasteiger partial charge in [-0.2, -0.15) is 0 Å². The van der Waals surface area contributed by atoms with Gasteiger partial charge in [0.15, 0.2) is 11.5 Å². The molecule has 2 N–H and O–H groups in total. The normalized spacial score (nSPS) is 17.1. The first-order chi connectivity index (χ1) is 16.1. The van der Waals surface area contributed by atoms with E-state index >= 15 is 0 Å². The fraction of sp³-hybridized carbons (Fsp3) is 0.423. The van der Waals surface area contributed by atoms with Gasteiger partial charge in [0, 0.05) is 13.1 Å². The van der Waals surface area contributed by atoms with Crippen molar-refractivity contribution in [3.05, 3.63) is 72.0 Å². The van der Waals surface area contributed by atoms with Gasteiger partial charge >= 0.3 is 6.03 Å². The third kappa shape index (κ3) is 6.42. The van der Waals surface area contributed by atoms with Crippen LogP contribution in [0.4, 0.5) is 4.79 Å². The minimum atomic E-state index is -0.415. The molecule has 7 heteroatoms. The van der Waals surface area contributed by atoms with Crippen LogP contribution >= 0.6 is 0 Å². The van der Waals surface area contributed by atoms with Gasteiger partial charge in [-0.25, -0.2) is 4.79 Å². The molecule has 0 aliphatic carbocycles. The van der Waals surface area contributed by atoms with Gasteiger partial charge in [0.2, 0.25) is 0 Å². The fourth-order valence-corrected chi connectivity index (χ4v) is 4.29. The Hall–Kier alpha value is -3.19. The first-order valence-electron chi connectivity index (χ1n) is 11.6. The number of carbonyl (C=O) groups excluding carboxylic acids is 1. The van der Waals surface area contributed by atoms with Crippen molar-refractivity contribution in [1.82, 2.24) is 15.5 Å². The van der Waals surface area contributed by atoms with E-state index in [1.807, 2.05) is 55.5 Å². The molecule has 1 saturated heterocycles. The summed E-state index contributed by atoms with van der Waals surface area (Å²) in [5.41, 5.74) is 1.96. The number of nitrogens with zero attached hydrogens (tertiary/aromatic N) is 1. The highest BCUT2D eigenvalue weighted by atomic mass is 16.6. The van der Waals surface area contributed by atoms with Crippen LogP contribution in [-0.4, -0.2) is 49.8 Å². The molecule has 2 aromatic rings. The molecule has 2 aliphatic heterocycles. The summed E-state index contributed by atoms with van der Waals surface area (Å²) < 4.78 is 17.7. The molecule has 2 aromatic carbocycles. The average molecular weight is 452 g/mol. The monoisotopic (exact) mass is 451 g/mol. The first kappa shape index (κ1) is 23.0. The van der Waals surface area contributed by atoms with Crippen molar-refractivity contribution in [3.63, 3.8) is 0 Å². The minimum absolute atomic E-state index is 0.226. The van der Waals surface area contributed by atoms with Crippen molar-refractivity contribution < 1.29 is 19.0 Å². The summed E-state index contributed by atoms with van der Waals surface area (Å²) in [5.74, 6) is 2.01. The second-order valence-electron chi connectivity index (χ2n) is 8.57. The minimum Gasteiger partial charge on any atom is -0.489 e. The third-order valence-corrected chi connectivity index (χ3v) is 5.85. The quantitative estimate of drug-likeness (QED) is 0.564. The summed E-state index contributed by atoms with van der Waals surface area (Å²) in [6.07, 6.45) is 1.92. The molecule has 7 nitrogen and oxygen atoms in total. The second kappa shape index (κ2) is 11.1. The van der Waals surface area contributed by atoms with Crippen molar-refractivity contribution in [1.29, 1.82) is 0 Å². The van der Waals surface area contributed by atoms with E-state index in [-0.39, 0.29) is 12.1 Å². The number of fused-ring (bicyclic) bond motifs is 1. The van der Waals surface area contributed by atoms with E-state index in [4.69, 9.17) is 14.2 Å². The summed E-state index contributed by atoms with van der Waals surface area (Å²) in [6, 6.07) is 15.2. The van der Waals surface area contributed by atoms with E-state index in [9.17, 15) is 4.79 Å². The molecule has 4 rings (SSSR count). The number of rotatable bonds is 9. The Morgan fingerprint density at radius 1 is 1.09 bits per heavy atom. The van der Waals surface area contributed by atoms with Gasteiger partial charge in [-0.1, -0.05) is 43.0 Å². The van der Waals surface area contributed by atoms with Crippen LogP contribution in [-0.2, 0) is 11.3 Å². The number of nitrogens with one attached hydrogen (secondary N) is 2. The number of urea groups is 1. The lowest BCUT2D eigenvalue weighted by Gasteiger charge is -2.32. The number of allylic oxidation sites excluding steroid dienone is 1. The Morgan fingerprint density at radius 3 is 2.55 bits per heavy atom. The third-order valence-electron chi connectivity index (χ3n) is 5.85. The number of benzene rings is 2. The predicted octanol–water partition coefficient (Wildman–Crippen LogP) is 4.01. The van der Waals surface area contributed by atoms with Crippen LogP contribution in [0.3, 0.4) is 0 Å². The van der Waals surface area contributed by atoms with E-state index in [0.717, 1.165) is 30.0 Å². The molecule has 1 fully saturated rings. The van der Waals surface area contributed by atoms with E-state index in [0.29, 0.717) is 37.8 Å². The Bertz CT molecular complexity index is 944. The van der Waals surface area contributed by atoms with Crippen molar-refractivity contribution in [2.75, 3.05) is 32.8 Å². The number of ether oxygens (including phenoxy) is 3. The summed E-state index contributed by atoms with van der Waals surface area (Å²) in [6.45, 7) is 10.0. The standard InChI is InChI=1S/C26H33N3O4/c1-19(2)33-25(21-10-11-23-24(16-21)32-15-14-31-23)22(18-29-12-6-7-13-29)28-26(30)27-17-20-8-4-3-5-9-20/h3-5,8-11,16,22,25H,1,6-7,12-15,17-18H2,2H3,(H2,27,28,30)/t22-,25-/m1/s1. The van der Waals surface area contributed by atoms with Gasteiger partial charge in [-0.15, -0.1) is 0 Å². The Labute approximate surface area is 195 Å². The predicted molar refractivity (Wildman–Crippen MR) is 127 cm³/mol. The Balaban J connectivity index is 1.53. The number of likely N-dealkylation sites (tertiary alicyclic amines) is 1. The summed E-state index contributed by atoms with van der Waals surface area (Å²) >= 11 is 0.